The van der Waals surface area contributed by atoms with Gasteiger partial charge in [-0.2, -0.15) is 29.9 Å². The van der Waals surface area contributed by atoms with Crippen molar-refractivity contribution in [1.29, 1.82) is 0 Å². The largest absolute Gasteiger partial charge is 0.450 e. The van der Waals surface area contributed by atoms with Crippen LogP contribution in [0.5, 0.6) is 0 Å². The minimum Gasteiger partial charge on any atom is -0.339 e. The fraction of sp³-hybridized carbons (Fsp3) is 0.700. The van der Waals surface area contributed by atoms with Crippen LogP contribution in [-0.2, 0) is 10.5 Å². The number of hydrogen-bond acceptors (Lipinski definition) is 5. The molecule has 0 bridgehead atoms. The van der Waals surface area contributed by atoms with Crippen molar-refractivity contribution < 1.29 is 22.5 Å². The number of thioether (sulfide) groups is 1. The lowest BCUT2D eigenvalue weighted by atomic mass is 10.1. The van der Waals surface area contributed by atoms with Crippen molar-refractivity contribution in [3.8, 4) is 0 Å². The Bertz CT molecular complexity index is 418. The Balaban J connectivity index is 2.71. The third-order valence-electron chi connectivity index (χ3n) is 2.07. The lowest BCUT2D eigenvalue weighted by molar-refractivity contribution is -0.172. The van der Waals surface area contributed by atoms with Gasteiger partial charge in [0.25, 0.3) is 0 Å². The zero-order chi connectivity index (χ0) is 13.9. The highest BCUT2D eigenvalue weighted by Gasteiger charge is 2.43. The lowest BCUT2D eigenvalue weighted by Crippen LogP contribution is -2.27. The lowest BCUT2D eigenvalue weighted by Gasteiger charge is -2.08. The minimum absolute atomic E-state index is 0.295. The quantitative estimate of drug-likeness (QED) is 0.831. The molecule has 4 nitrogen and oxygen atoms in total. The summed E-state index contributed by atoms with van der Waals surface area (Å²) < 4.78 is 41.3. The first-order valence-corrected chi connectivity index (χ1v) is 6.31. The van der Waals surface area contributed by atoms with Crippen LogP contribution in [0.2, 0.25) is 0 Å². The molecule has 0 saturated carbocycles. The molecule has 0 amide bonds. The van der Waals surface area contributed by atoms with Gasteiger partial charge in [0, 0.05) is 0 Å². The summed E-state index contributed by atoms with van der Waals surface area (Å²) >= 11 is 1.53. The van der Waals surface area contributed by atoms with Crippen LogP contribution in [0.15, 0.2) is 4.52 Å². The van der Waals surface area contributed by atoms with Crippen molar-refractivity contribution in [2.24, 2.45) is 0 Å². The minimum atomic E-state index is -4.89. The zero-order valence-electron chi connectivity index (χ0n) is 10.1. The van der Waals surface area contributed by atoms with Crippen LogP contribution in [0, 0.1) is 0 Å². The summed E-state index contributed by atoms with van der Waals surface area (Å²) in [6.45, 7) is 5.05. The molecule has 0 aliphatic rings. The number of aromatic nitrogens is 2. The maximum absolute atomic E-state index is 12.2. The third-order valence-corrected chi connectivity index (χ3v) is 3.16. The molecule has 1 atom stereocenters. The van der Waals surface area contributed by atoms with Crippen molar-refractivity contribution in [2.75, 3.05) is 0 Å². The summed E-state index contributed by atoms with van der Waals surface area (Å²) in [4.78, 5) is 14.8. The summed E-state index contributed by atoms with van der Waals surface area (Å²) in [6.07, 6.45) is -4.89. The van der Waals surface area contributed by atoms with Crippen LogP contribution in [0.25, 0.3) is 0 Å². The van der Waals surface area contributed by atoms with Crippen molar-refractivity contribution in [2.45, 2.75) is 43.9 Å². The molecule has 0 aliphatic heterocycles. The second-order valence-corrected chi connectivity index (χ2v) is 5.56. The van der Waals surface area contributed by atoms with E-state index in [2.05, 4.69) is 14.7 Å². The molecule has 0 aromatic carbocycles. The van der Waals surface area contributed by atoms with Gasteiger partial charge in [0.05, 0.1) is 5.75 Å². The molecule has 8 heteroatoms. The molecule has 1 rings (SSSR count). The molecule has 1 aromatic rings. The van der Waals surface area contributed by atoms with Gasteiger partial charge in [-0.1, -0.05) is 19.0 Å². The van der Waals surface area contributed by atoms with Crippen LogP contribution >= 0.6 is 11.8 Å². The number of rotatable bonds is 5. The number of hydrogen-bond donors (Lipinski definition) is 0. The number of halogens is 3. The molecule has 0 N–H and O–H groups in total. The second kappa shape index (κ2) is 5.73. The van der Waals surface area contributed by atoms with Crippen molar-refractivity contribution >= 4 is 17.5 Å². The molecule has 1 heterocycles. The Kier molecular flexibility index (Phi) is 4.78. The molecule has 0 aliphatic carbocycles. The van der Waals surface area contributed by atoms with Gasteiger partial charge in [0.2, 0.25) is 11.7 Å². The normalized spacial score (nSPS) is 13.9. The topological polar surface area (TPSA) is 56.0 Å². The fourth-order valence-corrected chi connectivity index (χ4v) is 1.70. The monoisotopic (exact) mass is 282 g/mol. The molecule has 0 fully saturated rings. The fourth-order valence-electron chi connectivity index (χ4n) is 1.10. The Morgan fingerprint density at radius 2 is 2.00 bits per heavy atom. The summed E-state index contributed by atoms with van der Waals surface area (Å²) in [5, 5.41) is 3.90. The van der Waals surface area contributed by atoms with Crippen LogP contribution in [0.4, 0.5) is 13.2 Å². The Morgan fingerprint density at radius 1 is 1.39 bits per heavy atom. The highest BCUT2D eigenvalue weighted by atomic mass is 32.2. The average Bonchev–Trinajstić information content (AvgIpc) is 2.71. The first-order chi connectivity index (χ1) is 8.21. The van der Waals surface area contributed by atoms with Gasteiger partial charge in [-0.3, -0.25) is 4.79 Å². The summed E-state index contributed by atoms with van der Waals surface area (Å²) in [5.41, 5.74) is 0. The molecule has 1 unspecified atom stereocenters. The van der Waals surface area contributed by atoms with Gasteiger partial charge in [0.1, 0.15) is 5.92 Å². The van der Waals surface area contributed by atoms with E-state index in [-0.39, 0.29) is 5.89 Å². The predicted molar refractivity (Wildman–Crippen MR) is 60.2 cm³/mol. The first-order valence-electron chi connectivity index (χ1n) is 5.27. The summed E-state index contributed by atoms with van der Waals surface area (Å²) in [5.74, 6) is -2.90. The number of nitrogens with zero attached hydrogens (tertiary/aromatic N) is 2. The molecule has 0 spiro atoms. The summed E-state index contributed by atoms with van der Waals surface area (Å²) in [7, 11) is 0. The van der Waals surface area contributed by atoms with Gasteiger partial charge in [0.15, 0.2) is 5.82 Å². The van der Waals surface area contributed by atoms with E-state index in [9.17, 15) is 18.0 Å². The van der Waals surface area contributed by atoms with E-state index in [1.165, 1.54) is 11.8 Å². The third kappa shape index (κ3) is 4.01. The van der Waals surface area contributed by atoms with Crippen molar-refractivity contribution in [1.82, 2.24) is 10.1 Å². The molecule has 18 heavy (non-hydrogen) atoms. The number of carbonyl (C=O) groups is 1. The zero-order valence-corrected chi connectivity index (χ0v) is 10.9. The van der Waals surface area contributed by atoms with Gasteiger partial charge in [-0.05, 0) is 12.2 Å². The van der Waals surface area contributed by atoms with Crippen LogP contribution in [0.1, 0.15) is 38.4 Å². The van der Waals surface area contributed by atoms with E-state index in [0.29, 0.717) is 16.8 Å². The molecule has 1 aromatic heterocycles. The van der Waals surface area contributed by atoms with Gasteiger partial charge < -0.3 is 4.52 Å². The molecule has 102 valence electrons. The molecular formula is C10H13F3N2O2S. The van der Waals surface area contributed by atoms with Crippen LogP contribution < -0.4 is 0 Å². The van der Waals surface area contributed by atoms with Crippen molar-refractivity contribution in [3.63, 3.8) is 0 Å². The standard InChI is InChI=1S/C10H13F3N2O2S/c1-5(2)18-4-7-14-9(17-15-7)6(3)8(16)10(11,12)13/h5-6H,4H2,1-3H3. The van der Waals surface area contributed by atoms with Crippen LogP contribution in [0.3, 0.4) is 0 Å². The van der Waals surface area contributed by atoms with E-state index in [1.807, 2.05) is 13.8 Å². The molecule has 0 radical (unpaired) electrons. The maximum atomic E-state index is 12.2. The van der Waals surface area contributed by atoms with E-state index in [0.717, 1.165) is 6.92 Å². The van der Waals surface area contributed by atoms with Gasteiger partial charge in [-0.15, -0.1) is 0 Å². The van der Waals surface area contributed by atoms with Gasteiger partial charge >= 0.3 is 6.18 Å². The van der Waals surface area contributed by atoms with Crippen LogP contribution in [-0.4, -0.2) is 27.4 Å². The number of ketones is 1. The SMILES string of the molecule is CC(C)SCc1noc(C(C)C(=O)C(F)(F)F)n1. The summed E-state index contributed by atoms with van der Waals surface area (Å²) in [6, 6.07) is 0. The smallest absolute Gasteiger partial charge is 0.339 e. The highest BCUT2D eigenvalue weighted by molar-refractivity contribution is 7.99. The highest BCUT2D eigenvalue weighted by Crippen LogP contribution is 2.26. The van der Waals surface area contributed by atoms with Crippen molar-refractivity contribution in [3.05, 3.63) is 11.7 Å². The van der Waals surface area contributed by atoms with E-state index in [4.69, 9.17) is 0 Å². The second-order valence-electron chi connectivity index (χ2n) is 3.99. The number of Topliss-reactive ketones (excluding diaryl/α,β-unsaturated/α-hetero) is 1. The van der Waals surface area contributed by atoms with E-state index >= 15 is 0 Å². The first kappa shape index (κ1) is 15.0. The Morgan fingerprint density at radius 3 is 2.50 bits per heavy atom. The Hall–Kier alpha value is -1.05. The number of carbonyl (C=O) groups excluding carboxylic acids is 1. The molecular weight excluding hydrogens is 269 g/mol. The molecule has 0 saturated heterocycles. The maximum Gasteiger partial charge on any atom is 0.450 e. The Labute approximate surface area is 106 Å². The average molecular weight is 282 g/mol. The van der Waals surface area contributed by atoms with E-state index < -0.39 is 17.9 Å². The predicted octanol–water partition coefficient (Wildman–Crippen LogP) is 2.95. The van der Waals surface area contributed by atoms with E-state index in [1.54, 1.807) is 0 Å². The number of alkyl halides is 3. The van der Waals surface area contributed by atoms with Gasteiger partial charge in [-0.25, -0.2) is 0 Å².